The molecule has 0 amide bonds. The molecule has 5 rings (SSSR count). The number of H-pyrrole nitrogens is 2. The summed E-state index contributed by atoms with van der Waals surface area (Å²) < 4.78 is 11.1. The quantitative estimate of drug-likeness (QED) is 0.452. The predicted molar refractivity (Wildman–Crippen MR) is 114 cm³/mol. The number of hydrogen-bond donors (Lipinski definition) is 2. The zero-order chi connectivity index (χ0) is 20.0. The van der Waals surface area contributed by atoms with Crippen LogP contribution in [0.3, 0.4) is 0 Å². The average Bonchev–Trinajstić information content (AvgIpc) is 3.39. The number of methoxy groups -OCH3 is 2. The molecule has 3 aromatic heterocycles. The number of fused-ring (bicyclic) bond motifs is 2. The van der Waals surface area contributed by atoms with E-state index in [1.165, 1.54) is 0 Å². The number of pyridine rings is 1. The van der Waals surface area contributed by atoms with Crippen LogP contribution < -0.4 is 9.47 Å². The fraction of sp³-hybridized carbons (Fsp3) is 0.130. The minimum atomic E-state index is 0.756. The van der Waals surface area contributed by atoms with Gasteiger partial charge in [0, 0.05) is 40.0 Å². The SMILES string of the molecule is COc1cc(-c2nccc3[nH]c(-c4ccc5[nH]ccc5c4)nc23)cc(OC)c1C. The number of aromatic amines is 2. The Morgan fingerprint density at radius 2 is 1.66 bits per heavy atom. The minimum absolute atomic E-state index is 0.756. The smallest absolute Gasteiger partial charge is 0.138 e. The van der Waals surface area contributed by atoms with Gasteiger partial charge in [0.1, 0.15) is 22.8 Å². The number of ether oxygens (including phenoxy) is 2. The van der Waals surface area contributed by atoms with Gasteiger partial charge in [-0.1, -0.05) is 0 Å². The average molecular weight is 384 g/mol. The van der Waals surface area contributed by atoms with E-state index in [-0.39, 0.29) is 0 Å². The third-order valence-corrected chi connectivity index (χ3v) is 5.25. The topological polar surface area (TPSA) is 75.8 Å². The molecule has 29 heavy (non-hydrogen) atoms. The van der Waals surface area contributed by atoms with Crippen LogP contribution in [0.4, 0.5) is 0 Å². The first-order chi connectivity index (χ1) is 14.2. The van der Waals surface area contributed by atoms with E-state index in [1.54, 1.807) is 20.4 Å². The van der Waals surface area contributed by atoms with E-state index in [9.17, 15) is 0 Å². The van der Waals surface area contributed by atoms with Crippen LogP contribution in [0.15, 0.2) is 54.9 Å². The molecule has 0 spiro atoms. The van der Waals surface area contributed by atoms with Gasteiger partial charge in [0.25, 0.3) is 0 Å². The highest BCUT2D eigenvalue weighted by atomic mass is 16.5. The monoisotopic (exact) mass is 384 g/mol. The van der Waals surface area contributed by atoms with E-state index in [1.807, 2.05) is 31.3 Å². The zero-order valence-electron chi connectivity index (χ0n) is 16.4. The summed E-state index contributed by atoms with van der Waals surface area (Å²) in [6.07, 6.45) is 3.72. The van der Waals surface area contributed by atoms with Crippen molar-refractivity contribution in [3.63, 3.8) is 0 Å². The third kappa shape index (κ3) is 2.81. The highest BCUT2D eigenvalue weighted by Gasteiger charge is 2.16. The Bertz CT molecular complexity index is 1320. The van der Waals surface area contributed by atoms with Crippen molar-refractivity contribution in [1.82, 2.24) is 19.9 Å². The van der Waals surface area contributed by atoms with Crippen LogP contribution in [0.5, 0.6) is 11.5 Å². The Labute approximate surface area is 167 Å². The van der Waals surface area contributed by atoms with Gasteiger partial charge in [-0.15, -0.1) is 0 Å². The standard InChI is InChI=1S/C23H20N4O2/c1-13-19(28-2)11-16(12-20(13)29-3)21-22-18(7-9-25-21)26-23(27-22)15-4-5-17-14(10-15)6-8-24-17/h4-12,24H,1-3H3,(H,26,27). The zero-order valence-corrected chi connectivity index (χ0v) is 16.4. The molecular formula is C23H20N4O2. The van der Waals surface area contributed by atoms with Gasteiger partial charge in [0.15, 0.2) is 0 Å². The van der Waals surface area contributed by atoms with Gasteiger partial charge in [-0.05, 0) is 49.4 Å². The maximum Gasteiger partial charge on any atom is 0.138 e. The van der Waals surface area contributed by atoms with E-state index < -0.39 is 0 Å². The second kappa shape index (κ2) is 6.67. The molecule has 2 aromatic carbocycles. The van der Waals surface area contributed by atoms with E-state index in [0.717, 1.165) is 61.6 Å². The lowest BCUT2D eigenvalue weighted by Gasteiger charge is -2.12. The van der Waals surface area contributed by atoms with Gasteiger partial charge in [-0.3, -0.25) is 4.98 Å². The predicted octanol–water partition coefficient (Wildman–Crippen LogP) is 5.10. The van der Waals surface area contributed by atoms with Crippen molar-refractivity contribution in [2.24, 2.45) is 0 Å². The molecule has 0 atom stereocenters. The van der Waals surface area contributed by atoms with Crippen LogP contribution in [0, 0.1) is 6.92 Å². The van der Waals surface area contributed by atoms with E-state index in [4.69, 9.17) is 14.5 Å². The van der Waals surface area contributed by atoms with Gasteiger partial charge < -0.3 is 19.4 Å². The van der Waals surface area contributed by atoms with Gasteiger partial charge >= 0.3 is 0 Å². The van der Waals surface area contributed by atoms with E-state index >= 15 is 0 Å². The minimum Gasteiger partial charge on any atom is -0.496 e. The van der Waals surface area contributed by atoms with Gasteiger partial charge in [0.05, 0.1) is 25.4 Å². The van der Waals surface area contributed by atoms with E-state index in [2.05, 4.69) is 39.2 Å². The van der Waals surface area contributed by atoms with Crippen LogP contribution in [0.1, 0.15) is 5.56 Å². The Morgan fingerprint density at radius 3 is 2.41 bits per heavy atom. The number of imidazole rings is 1. The van der Waals surface area contributed by atoms with Crippen molar-refractivity contribution in [3.8, 4) is 34.1 Å². The molecule has 0 aliphatic rings. The lowest BCUT2D eigenvalue weighted by atomic mass is 10.1. The van der Waals surface area contributed by atoms with Crippen molar-refractivity contribution < 1.29 is 9.47 Å². The Morgan fingerprint density at radius 1 is 0.862 bits per heavy atom. The van der Waals surface area contributed by atoms with Crippen LogP contribution in [0.2, 0.25) is 0 Å². The molecule has 0 aliphatic carbocycles. The van der Waals surface area contributed by atoms with Gasteiger partial charge in [-0.25, -0.2) is 4.98 Å². The lowest BCUT2D eigenvalue weighted by Crippen LogP contribution is -1.95. The molecule has 6 nitrogen and oxygen atoms in total. The second-order valence-electron chi connectivity index (χ2n) is 6.93. The molecule has 5 aromatic rings. The molecule has 0 saturated carbocycles. The number of benzene rings is 2. The Kier molecular flexibility index (Phi) is 3.98. The van der Waals surface area contributed by atoms with Gasteiger partial charge in [-0.2, -0.15) is 0 Å². The fourth-order valence-electron chi connectivity index (χ4n) is 3.71. The molecule has 0 aliphatic heterocycles. The molecule has 144 valence electrons. The van der Waals surface area contributed by atoms with Crippen molar-refractivity contribution in [2.75, 3.05) is 14.2 Å². The number of nitrogens with one attached hydrogen (secondary N) is 2. The Hall–Kier alpha value is -3.80. The first-order valence-electron chi connectivity index (χ1n) is 9.33. The molecule has 6 heteroatoms. The molecule has 3 heterocycles. The molecule has 0 radical (unpaired) electrons. The van der Waals surface area contributed by atoms with Gasteiger partial charge in [0.2, 0.25) is 0 Å². The second-order valence-corrected chi connectivity index (χ2v) is 6.93. The maximum absolute atomic E-state index is 5.53. The largest absolute Gasteiger partial charge is 0.496 e. The molecule has 0 bridgehead atoms. The molecule has 2 N–H and O–H groups in total. The molecule has 0 fully saturated rings. The summed E-state index contributed by atoms with van der Waals surface area (Å²) in [6, 6.07) is 14.2. The van der Waals surface area contributed by atoms with Crippen LogP contribution in [0.25, 0.3) is 44.6 Å². The summed E-state index contributed by atoms with van der Waals surface area (Å²) in [5.74, 6) is 2.32. The summed E-state index contributed by atoms with van der Waals surface area (Å²) in [7, 11) is 3.31. The number of rotatable bonds is 4. The first kappa shape index (κ1) is 17.3. The highest BCUT2D eigenvalue weighted by Crippen LogP contribution is 2.36. The normalized spacial score (nSPS) is 11.3. The van der Waals surface area contributed by atoms with Crippen molar-refractivity contribution >= 4 is 21.9 Å². The number of hydrogen-bond acceptors (Lipinski definition) is 4. The third-order valence-electron chi connectivity index (χ3n) is 5.25. The van der Waals surface area contributed by atoms with Crippen molar-refractivity contribution in [1.29, 1.82) is 0 Å². The number of nitrogens with zero attached hydrogens (tertiary/aromatic N) is 2. The van der Waals surface area contributed by atoms with E-state index in [0.29, 0.717) is 0 Å². The molecule has 0 unspecified atom stereocenters. The lowest BCUT2D eigenvalue weighted by molar-refractivity contribution is 0.389. The van der Waals surface area contributed by atoms with Crippen LogP contribution >= 0.6 is 0 Å². The molecular weight excluding hydrogens is 364 g/mol. The van der Waals surface area contributed by atoms with Crippen molar-refractivity contribution in [3.05, 3.63) is 60.4 Å². The summed E-state index contributed by atoms with van der Waals surface area (Å²) in [5, 5.41) is 1.15. The summed E-state index contributed by atoms with van der Waals surface area (Å²) >= 11 is 0. The number of aromatic nitrogens is 4. The summed E-state index contributed by atoms with van der Waals surface area (Å²) in [5.41, 5.74) is 6.50. The Balaban J connectivity index is 1.68. The summed E-state index contributed by atoms with van der Waals surface area (Å²) in [6.45, 7) is 1.97. The highest BCUT2D eigenvalue weighted by molar-refractivity contribution is 5.93. The van der Waals surface area contributed by atoms with Crippen LogP contribution in [-0.4, -0.2) is 34.2 Å². The maximum atomic E-state index is 5.53. The van der Waals surface area contributed by atoms with Crippen LogP contribution in [-0.2, 0) is 0 Å². The fourth-order valence-corrected chi connectivity index (χ4v) is 3.71. The first-order valence-corrected chi connectivity index (χ1v) is 9.33. The van der Waals surface area contributed by atoms with Crippen molar-refractivity contribution in [2.45, 2.75) is 6.92 Å². The summed E-state index contributed by atoms with van der Waals surface area (Å²) in [4.78, 5) is 16.1. The molecule has 0 saturated heterocycles.